The standard InChI is InChI=1S/C16H20N2O2S/c1-12-5-3-4-6-14(12)18(10-8-16(19)20)9-7-15-13(2)17-11-21-15/h3-6,11H,7-10H2,1-2H3,(H,19,20). The highest BCUT2D eigenvalue weighted by molar-refractivity contribution is 7.09. The number of nitrogens with zero attached hydrogens (tertiary/aromatic N) is 2. The zero-order valence-corrected chi connectivity index (χ0v) is 13.2. The molecule has 112 valence electrons. The van der Waals surface area contributed by atoms with Crippen LogP contribution < -0.4 is 4.90 Å². The van der Waals surface area contributed by atoms with Gasteiger partial charge in [-0.15, -0.1) is 11.3 Å². The average molecular weight is 304 g/mol. The van der Waals surface area contributed by atoms with E-state index < -0.39 is 5.97 Å². The number of aromatic nitrogens is 1. The first kappa shape index (κ1) is 15.5. The molecule has 1 heterocycles. The largest absolute Gasteiger partial charge is 0.481 e. The van der Waals surface area contributed by atoms with E-state index in [0.29, 0.717) is 6.54 Å². The zero-order chi connectivity index (χ0) is 15.2. The van der Waals surface area contributed by atoms with Gasteiger partial charge >= 0.3 is 5.97 Å². The highest BCUT2D eigenvalue weighted by Gasteiger charge is 2.12. The molecule has 0 bridgehead atoms. The fraction of sp³-hybridized carbons (Fsp3) is 0.375. The van der Waals surface area contributed by atoms with Crippen LogP contribution in [0.25, 0.3) is 0 Å². The van der Waals surface area contributed by atoms with Crippen LogP contribution in [-0.4, -0.2) is 29.1 Å². The SMILES string of the molecule is Cc1ccccc1N(CCC(=O)O)CCc1scnc1C. The van der Waals surface area contributed by atoms with Crippen molar-refractivity contribution in [2.24, 2.45) is 0 Å². The molecule has 0 saturated carbocycles. The summed E-state index contributed by atoms with van der Waals surface area (Å²) in [6.45, 7) is 5.40. The second kappa shape index (κ2) is 7.22. The van der Waals surface area contributed by atoms with Crippen molar-refractivity contribution < 1.29 is 9.90 Å². The highest BCUT2D eigenvalue weighted by Crippen LogP contribution is 2.21. The maximum atomic E-state index is 10.9. The molecule has 0 amide bonds. The van der Waals surface area contributed by atoms with Crippen molar-refractivity contribution in [3.8, 4) is 0 Å². The Balaban J connectivity index is 2.10. The highest BCUT2D eigenvalue weighted by atomic mass is 32.1. The van der Waals surface area contributed by atoms with Crippen LogP contribution in [0.5, 0.6) is 0 Å². The number of rotatable bonds is 7. The molecule has 0 aliphatic heterocycles. The number of aryl methyl sites for hydroxylation is 2. The Morgan fingerprint density at radius 2 is 2.05 bits per heavy atom. The molecule has 2 aromatic rings. The van der Waals surface area contributed by atoms with Gasteiger partial charge in [-0.25, -0.2) is 4.98 Å². The van der Waals surface area contributed by atoms with Gasteiger partial charge in [0.2, 0.25) is 0 Å². The lowest BCUT2D eigenvalue weighted by Crippen LogP contribution is -2.29. The van der Waals surface area contributed by atoms with Crippen LogP contribution in [0.4, 0.5) is 5.69 Å². The Morgan fingerprint density at radius 3 is 2.67 bits per heavy atom. The van der Waals surface area contributed by atoms with Crippen molar-refractivity contribution in [3.05, 3.63) is 45.9 Å². The quantitative estimate of drug-likeness (QED) is 0.853. The number of carboxylic acid groups (broad SMARTS) is 1. The second-order valence-corrected chi connectivity index (χ2v) is 5.97. The lowest BCUT2D eigenvalue weighted by Gasteiger charge is -2.25. The van der Waals surface area contributed by atoms with Crippen LogP contribution in [0, 0.1) is 13.8 Å². The summed E-state index contributed by atoms with van der Waals surface area (Å²) in [4.78, 5) is 18.6. The van der Waals surface area contributed by atoms with Gasteiger partial charge < -0.3 is 10.0 Å². The lowest BCUT2D eigenvalue weighted by atomic mass is 10.1. The number of carbonyl (C=O) groups is 1. The fourth-order valence-corrected chi connectivity index (χ4v) is 3.07. The lowest BCUT2D eigenvalue weighted by molar-refractivity contribution is -0.136. The number of hydrogen-bond acceptors (Lipinski definition) is 4. The Morgan fingerprint density at radius 1 is 1.29 bits per heavy atom. The fourth-order valence-electron chi connectivity index (χ4n) is 2.30. The van der Waals surface area contributed by atoms with Gasteiger partial charge in [-0.3, -0.25) is 4.79 Å². The Labute approximate surface area is 129 Å². The van der Waals surface area contributed by atoms with Crippen LogP contribution in [-0.2, 0) is 11.2 Å². The molecular weight excluding hydrogens is 284 g/mol. The molecular formula is C16H20N2O2S. The monoisotopic (exact) mass is 304 g/mol. The van der Waals surface area contributed by atoms with E-state index in [1.807, 2.05) is 24.6 Å². The van der Waals surface area contributed by atoms with Crippen molar-refractivity contribution >= 4 is 23.0 Å². The van der Waals surface area contributed by atoms with E-state index in [1.54, 1.807) is 11.3 Å². The van der Waals surface area contributed by atoms with Gasteiger partial charge in [-0.05, 0) is 25.5 Å². The summed E-state index contributed by atoms with van der Waals surface area (Å²) < 4.78 is 0. The van der Waals surface area contributed by atoms with Crippen molar-refractivity contribution in [2.75, 3.05) is 18.0 Å². The molecule has 1 N–H and O–H groups in total. The topological polar surface area (TPSA) is 53.4 Å². The third-order valence-corrected chi connectivity index (χ3v) is 4.50. The number of hydrogen-bond donors (Lipinski definition) is 1. The minimum atomic E-state index is -0.762. The maximum absolute atomic E-state index is 10.9. The maximum Gasteiger partial charge on any atom is 0.305 e. The van der Waals surface area contributed by atoms with Gasteiger partial charge in [-0.1, -0.05) is 18.2 Å². The van der Waals surface area contributed by atoms with Gasteiger partial charge in [0.1, 0.15) is 0 Å². The first-order valence-electron chi connectivity index (χ1n) is 6.99. The second-order valence-electron chi connectivity index (χ2n) is 5.03. The molecule has 4 nitrogen and oxygen atoms in total. The number of anilines is 1. The molecule has 2 rings (SSSR count). The third-order valence-electron chi connectivity index (χ3n) is 3.51. The summed E-state index contributed by atoms with van der Waals surface area (Å²) in [5.74, 6) is -0.762. The molecule has 1 aromatic heterocycles. The minimum Gasteiger partial charge on any atom is -0.481 e. The Kier molecular flexibility index (Phi) is 5.33. The van der Waals surface area contributed by atoms with Crippen molar-refractivity contribution in [1.29, 1.82) is 0 Å². The van der Waals surface area contributed by atoms with Gasteiger partial charge in [0.25, 0.3) is 0 Å². The molecule has 0 spiro atoms. The number of aliphatic carboxylic acids is 1. The van der Waals surface area contributed by atoms with Crippen LogP contribution >= 0.6 is 11.3 Å². The number of thiazole rings is 1. The van der Waals surface area contributed by atoms with Gasteiger partial charge in [0.15, 0.2) is 0 Å². The molecule has 5 heteroatoms. The first-order valence-corrected chi connectivity index (χ1v) is 7.87. The van der Waals surface area contributed by atoms with E-state index in [4.69, 9.17) is 5.11 Å². The Hall–Kier alpha value is -1.88. The van der Waals surface area contributed by atoms with Crippen molar-refractivity contribution in [2.45, 2.75) is 26.7 Å². The van der Waals surface area contributed by atoms with Gasteiger partial charge in [0.05, 0.1) is 17.6 Å². The third kappa shape index (κ3) is 4.29. The van der Waals surface area contributed by atoms with Gasteiger partial charge in [0, 0.05) is 30.1 Å². The van der Waals surface area contributed by atoms with E-state index in [2.05, 4.69) is 28.9 Å². The van der Waals surface area contributed by atoms with Crippen molar-refractivity contribution in [1.82, 2.24) is 4.98 Å². The molecule has 1 aromatic carbocycles. The van der Waals surface area contributed by atoms with E-state index in [9.17, 15) is 4.79 Å². The summed E-state index contributed by atoms with van der Waals surface area (Å²) in [6.07, 6.45) is 1.04. The average Bonchev–Trinajstić information content (AvgIpc) is 2.85. The normalized spacial score (nSPS) is 10.6. The summed E-state index contributed by atoms with van der Waals surface area (Å²) in [5, 5.41) is 8.94. The van der Waals surface area contributed by atoms with Crippen LogP contribution in [0.15, 0.2) is 29.8 Å². The zero-order valence-electron chi connectivity index (χ0n) is 12.4. The molecule has 21 heavy (non-hydrogen) atoms. The summed E-state index contributed by atoms with van der Waals surface area (Å²) >= 11 is 1.66. The van der Waals surface area contributed by atoms with E-state index in [0.717, 1.165) is 24.3 Å². The molecule has 0 aliphatic carbocycles. The minimum absolute atomic E-state index is 0.149. The summed E-state index contributed by atoms with van der Waals surface area (Å²) in [7, 11) is 0. The molecule has 0 fully saturated rings. The predicted molar refractivity (Wildman–Crippen MR) is 86.2 cm³/mol. The molecule has 0 saturated heterocycles. The number of benzene rings is 1. The smallest absolute Gasteiger partial charge is 0.305 e. The first-order chi connectivity index (χ1) is 10.1. The van der Waals surface area contributed by atoms with E-state index >= 15 is 0 Å². The molecule has 0 unspecified atom stereocenters. The van der Waals surface area contributed by atoms with Crippen LogP contribution in [0.1, 0.15) is 22.6 Å². The van der Waals surface area contributed by atoms with Crippen LogP contribution in [0.2, 0.25) is 0 Å². The van der Waals surface area contributed by atoms with Gasteiger partial charge in [-0.2, -0.15) is 0 Å². The van der Waals surface area contributed by atoms with Crippen LogP contribution in [0.3, 0.4) is 0 Å². The molecule has 0 aliphatic rings. The molecule has 0 atom stereocenters. The number of carboxylic acids is 1. The predicted octanol–water partition coefficient (Wildman–Crippen LogP) is 3.28. The van der Waals surface area contributed by atoms with E-state index in [-0.39, 0.29) is 6.42 Å². The summed E-state index contributed by atoms with van der Waals surface area (Å²) in [6, 6.07) is 8.10. The molecule has 0 radical (unpaired) electrons. The summed E-state index contributed by atoms with van der Waals surface area (Å²) in [5.41, 5.74) is 5.22. The number of para-hydroxylation sites is 1. The van der Waals surface area contributed by atoms with E-state index in [1.165, 1.54) is 10.4 Å². The Bertz CT molecular complexity index is 610. The van der Waals surface area contributed by atoms with Crippen molar-refractivity contribution in [3.63, 3.8) is 0 Å².